The molecule has 0 saturated carbocycles. The molecule has 1 aliphatic rings. The maximum atomic E-state index is 5.64. The number of nitrogens with two attached hydrogens (primary N) is 1. The Morgan fingerprint density at radius 1 is 1.55 bits per heavy atom. The minimum atomic E-state index is 0.821. The molecule has 0 saturated heterocycles. The second-order valence-corrected chi connectivity index (χ2v) is 2.18. The highest BCUT2D eigenvalue weighted by Gasteiger charge is 2.04. The van der Waals surface area contributed by atoms with Gasteiger partial charge in [0.1, 0.15) is 0 Å². The van der Waals surface area contributed by atoms with Crippen molar-refractivity contribution in [1.29, 1.82) is 0 Å². The van der Waals surface area contributed by atoms with E-state index < -0.39 is 0 Å². The van der Waals surface area contributed by atoms with E-state index in [1.165, 1.54) is 5.57 Å². The fourth-order valence-electron chi connectivity index (χ4n) is 0.953. The normalized spacial score (nSPS) is 16.9. The molecule has 3 N–H and O–H groups in total. The Hall–Kier alpha value is -0.760. The first-order valence-corrected chi connectivity index (χ1v) is 4.15. The van der Waals surface area contributed by atoms with Gasteiger partial charge < -0.3 is 11.1 Å². The van der Waals surface area contributed by atoms with Crippen LogP contribution in [0.15, 0.2) is 23.9 Å². The summed E-state index contributed by atoms with van der Waals surface area (Å²) in [5.74, 6) is 0. The highest BCUT2D eigenvalue weighted by atomic mass is 14.9. The van der Waals surface area contributed by atoms with Crippen LogP contribution in [0.4, 0.5) is 0 Å². The first-order chi connectivity index (χ1) is 5.34. The molecule has 0 bridgehead atoms. The monoisotopic (exact) mass is 154 g/mol. The van der Waals surface area contributed by atoms with Gasteiger partial charge in [-0.05, 0) is 18.5 Å². The van der Waals surface area contributed by atoms with Crippen molar-refractivity contribution in [2.45, 2.75) is 20.3 Å². The molecule has 0 radical (unpaired) electrons. The van der Waals surface area contributed by atoms with Gasteiger partial charge in [0.15, 0.2) is 0 Å². The summed E-state index contributed by atoms with van der Waals surface area (Å²) in [6, 6.07) is 0. The average molecular weight is 154 g/mol. The van der Waals surface area contributed by atoms with Crippen LogP contribution in [0.5, 0.6) is 0 Å². The molecule has 0 aromatic heterocycles. The van der Waals surface area contributed by atoms with Gasteiger partial charge in [-0.25, -0.2) is 0 Å². The topological polar surface area (TPSA) is 38.0 Å². The van der Waals surface area contributed by atoms with Crippen molar-refractivity contribution in [3.05, 3.63) is 23.9 Å². The van der Waals surface area contributed by atoms with Crippen molar-refractivity contribution >= 4 is 0 Å². The molecule has 1 heterocycles. The van der Waals surface area contributed by atoms with Crippen molar-refractivity contribution in [2.24, 2.45) is 5.73 Å². The Kier molecular flexibility index (Phi) is 5.57. The smallest absolute Gasteiger partial charge is 0.0354 e. The van der Waals surface area contributed by atoms with Crippen LogP contribution in [0, 0.1) is 0 Å². The molecule has 0 amide bonds. The Morgan fingerprint density at radius 2 is 2.18 bits per heavy atom. The summed E-state index contributed by atoms with van der Waals surface area (Å²) in [6.45, 7) is 9.52. The van der Waals surface area contributed by atoms with E-state index in [2.05, 4.69) is 11.9 Å². The van der Waals surface area contributed by atoms with Crippen molar-refractivity contribution in [3.63, 3.8) is 0 Å². The van der Waals surface area contributed by atoms with Gasteiger partial charge in [-0.1, -0.05) is 26.5 Å². The number of allylic oxidation sites excluding steroid dienone is 1. The number of rotatable bonds is 1. The second-order valence-electron chi connectivity index (χ2n) is 2.18. The van der Waals surface area contributed by atoms with E-state index in [1.54, 1.807) is 0 Å². The van der Waals surface area contributed by atoms with Crippen molar-refractivity contribution in [2.75, 3.05) is 13.1 Å². The Morgan fingerprint density at radius 3 is 2.55 bits per heavy atom. The number of hydrogen-bond acceptors (Lipinski definition) is 2. The van der Waals surface area contributed by atoms with E-state index in [0.717, 1.165) is 25.2 Å². The van der Waals surface area contributed by atoms with Crippen LogP contribution in [0.2, 0.25) is 0 Å². The van der Waals surface area contributed by atoms with Crippen LogP contribution in [-0.2, 0) is 0 Å². The van der Waals surface area contributed by atoms with Gasteiger partial charge in [0.2, 0.25) is 0 Å². The Bertz CT molecular complexity index is 148. The van der Waals surface area contributed by atoms with E-state index in [9.17, 15) is 0 Å². The SMILES string of the molecule is C=CC1=C(N)CNCC1.CC. The van der Waals surface area contributed by atoms with Crippen LogP contribution < -0.4 is 11.1 Å². The zero-order chi connectivity index (χ0) is 8.69. The summed E-state index contributed by atoms with van der Waals surface area (Å²) in [7, 11) is 0. The fourth-order valence-corrected chi connectivity index (χ4v) is 0.953. The first-order valence-electron chi connectivity index (χ1n) is 4.15. The van der Waals surface area contributed by atoms with Gasteiger partial charge in [0, 0.05) is 12.2 Å². The summed E-state index contributed by atoms with van der Waals surface area (Å²) in [5.41, 5.74) is 7.78. The molecule has 11 heavy (non-hydrogen) atoms. The van der Waals surface area contributed by atoms with Crippen LogP contribution in [0.1, 0.15) is 20.3 Å². The third-order valence-electron chi connectivity index (χ3n) is 1.55. The molecule has 1 aliphatic heterocycles. The molecular weight excluding hydrogens is 136 g/mol. The molecule has 0 aromatic carbocycles. The van der Waals surface area contributed by atoms with Crippen molar-refractivity contribution < 1.29 is 0 Å². The van der Waals surface area contributed by atoms with Crippen LogP contribution in [0.3, 0.4) is 0 Å². The highest BCUT2D eigenvalue weighted by Crippen LogP contribution is 2.07. The predicted octanol–water partition coefficient (Wildman–Crippen LogP) is 1.40. The lowest BCUT2D eigenvalue weighted by molar-refractivity contribution is 0.681. The minimum absolute atomic E-state index is 0.821. The fraction of sp³-hybridized carbons (Fsp3) is 0.556. The van der Waals surface area contributed by atoms with E-state index in [1.807, 2.05) is 19.9 Å². The van der Waals surface area contributed by atoms with Crippen molar-refractivity contribution in [3.8, 4) is 0 Å². The lowest BCUT2D eigenvalue weighted by Gasteiger charge is -2.14. The summed E-state index contributed by atoms with van der Waals surface area (Å²) in [6.07, 6.45) is 2.87. The molecule has 0 aromatic rings. The molecule has 0 aliphatic carbocycles. The zero-order valence-corrected chi connectivity index (χ0v) is 7.48. The lowest BCUT2D eigenvalue weighted by atomic mass is 10.1. The van der Waals surface area contributed by atoms with E-state index in [-0.39, 0.29) is 0 Å². The maximum Gasteiger partial charge on any atom is 0.0354 e. The zero-order valence-electron chi connectivity index (χ0n) is 7.48. The second kappa shape index (κ2) is 5.98. The van der Waals surface area contributed by atoms with E-state index in [0.29, 0.717) is 0 Å². The van der Waals surface area contributed by atoms with E-state index >= 15 is 0 Å². The minimum Gasteiger partial charge on any atom is -0.401 e. The molecule has 0 spiro atoms. The van der Waals surface area contributed by atoms with Gasteiger partial charge in [-0.15, -0.1) is 0 Å². The van der Waals surface area contributed by atoms with Crippen LogP contribution in [0.25, 0.3) is 0 Å². The quantitative estimate of drug-likeness (QED) is 0.599. The number of nitrogens with one attached hydrogen (secondary N) is 1. The third-order valence-corrected chi connectivity index (χ3v) is 1.55. The Balaban J connectivity index is 0.000000461. The van der Waals surface area contributed by atoms with Gasteiger partial charge in [-0.2, -0.15) is 0 Å². The molecule has 1 rings (SSSR count). The highest BCUT2D eigenvalue weighted by molar-refractivity contribution is 5.25. The summed E-state index contributed by atoms with van der Waals surface area (Å²) in [4.78, 5) is 0. The summed E-state index contributed by atoms with van der Waals surface area (Å²) in [5, 5.41) is 3.17. The van der Waals surface area contributed by atoms with E-state index in [4.69, 9.17) is 5.73 Å². The molecular formula is C9H18N2. The largest absolute Gasteiger partial charge is 0.401 e. The van der Waals surface area contributed by atoms with Gasteiger partial charge in [-0.3, -0.25) is 0 Å². The predicted molar refractivity (Wildman–Crippen MR) is 50.2 cm³/mol. The molecule has 0 unspecified atom stereocenters. The van der Waals surface area contributed by atoms with Crippen LogP contribution in [-0.4, -0.2) is 13.1 Å². The summed E-state index contributed by atoms with van der Waals surface area (Å²) < 4.78 is 0. The first kappa shape index (κ1) is 10.2. The van der Waals surface area contributed by atoms with Gasteiger partial charge in [0.05, 0.1) is 0 Å². The molecule has 0 atom stereocenters. The number of hydrogen-bond donors (Lipinski definition) is 2. The molecule has 2 nitrogen and oxygen atoms in total. The lowest BCUT2D eigenvalue weighted by Crippen LogP contribution is -2.28. The van der Waals surface area contributed by atoms with Gasteiger partial charge >= 0.3 is 0 Å². The molecule has 64 valence electrons. The summed E-state index contributed by atoms with van der Waals surface area (Å²) >= 11 is 0. The van der Waals surface area contributed by atoms with Gasteiger partial charge in [0.25, 0.3) is 0 Å². The van der Waals surface area contributed by atoms with Crippen molar-refractivity contribution in [1.82, 2.24) is 5.32 Å². The molecule has 0 fully saturated rings. The standard InChI is InChI=1S/C7H12N2.C2H6/c1-2-6-3-4-9-5-7(6)8;1-2/h2,9H,1,3-5,8H2;1-2H3. The molecule has 2 heteroatoms. The maximum absolute atomic E-state index is 5.64. The average Bonchev–Trinajstić information content (AvgIpc) is 2.09. The third kappa shape index (κ3) is 3.23. The van der Waals surface area contributed by atoms with Crippen LogP contribution >= 0.6 is 0 Å². The Labute approximate surface area is 69.2 Å².